The molecule has 0 fully saturated rings. The van der Waals surface area contributed by atoms with Crippen LogP contribution in [-0.4, -0.2) is 41.2 Å². The number of carbonyl (C=O) groups excluding carboxylic acids is 1. The van der Waals surface area contributed by atoms with Crippen molar-refractivity contribution < 1.29 is 19.0 Å². The standard InChI is InChI=1S/C20H23ClN2O4/c1-23(2)16-8-6-12(11-15(16)22)18(24)14(21)10-13-7-9-17(25-3)20(27-5)19(13)26-4/h6-11H,22H2,1-5H3/b14-10+. The number of allylic oxidation sites excluding steroid dienone is 1. The normalized spacial score (nSPS) is 11.1. The quantitative estimate of drug-likeness (QED) is 0.440. The molecule has 0 saturated carbocycles. The first kappa shape index (κ1) is 20.5. The molecule has 0 atom stereocenters. The third kappa shape index (κ3) is 4.28. The van der Waals surface area contributed by atoms with Crippen molar-refractivity contribution in [2.45, 2.75) is 0 Å². The summed E-state index contributed by atoms with van der Waals surface area (Å²) in [6, 6.07) is 8.53. The van der Waals surface area contributed by atoms with E-state index in [2.05, 4.69) is 0 Å². The number of nitrogens with two attached hydrogens (primary N) is 1. The maximum Gasteiger partial charge on any atom is 0.204 e. The van der Waals surface area contributed by atoms with Gasteiger partial charge in [0, 0.05) is 25.2 Å². The van der Waals surface area contributed by atoms with Crippen molar-refractivity contribution in [3.05, 3.63) is 46.5 Å². The van der Waals surface area contributed by atoms with Crippen molar-refractivity contribution in [1.29, 1.82) is 0 Å². The van der Waals surface area contributed by atoms with Gasteiger partial charge < -0.3 is 24.8 Å². The number of carbonyl (C=O) groups is 1. The highest BCUT2D eigenvalue weighted by Gasteiger charge is 2.17. The van der Waals surface area contributed by atoms with E-state index in [9.17, 15) is 4.79 Å². The summed E-state index contributed by atoms with van der Waals surface area (Å²) in [5.74, 6) is 1.02. The molecule has 0 saturated heterocycles. The Hall–Kier alpha value is -2.86. The van der Waals surface area contributed by atoms with Gasteiger partial charge in [-0.1, -0.05) is 11.6 Å². The molecule has 0 radical (unpaired) electrons. The number of Topliss-reactive ketones (excluding diaryl/α,β-unsaturated/α-hetero) is 1. The summed E-state index contributed by atoms with van der Waals surface area (Å²) in [6.45, 7) is 0. The first-order valence-electron chi connectivity index (χ1n) is 8.11. The Morgan fingerprint density at radius 3 is 2.22 bits per heavy atom. The summed E-state index contributed by atoms with van der Waals surface area (Å²) < 4.78 is 16.0. The molecule has 0 aromatic heterocycles. The number of anilines is 2. The zero-order valence-corrected chi connectivity index (χ0v) is 16.8. The van der Waals surface area contributed by atoms with E-state index in [1.165, 1.54) is 27.4 Å². The van der Waals surface area contributed by atoms with Gasteiger partial charge in [-0.2, -0.15) is 0 Å². The van der Waals surface area contributed by atoms with Crippen LogP contribution >= 0.6 is 11.6 Å². The maximum atomic E-state index is 12.7. The molecule has 0 unspecified atom stereocenters. The lowest BCUT2D eigenvalue weighted by Crippen LogP contribution is -2.12. The zero-order chi connectivity index (χ0) is 20.1. The van der Waals surface area contributed by atoms with Gasteiger partial charge in [0.25, 0.3) is 0 Å². The van der Waals surface area contributed by atoms with Crippen LogP contribution in [0.5, 0.6) is 17.2 Å². The van der Waals surface area contributed by atoms with Crippen LogP contribution in [0.4, 0.5) is 11.4 Å². The van der Waals surface area contributed by atoms with Crippen LogP contribution in [0.15, 0.2) is 35.4 Å². The second-order valence-corrected chi connectivity index (χ2v) is 6.32. The van der Waals surface area contributed by atoms with Crippen LogP contribution in [0.2, 0.25) is 0 Å². The highest BCUT2D eigenvalue weighted by atomic mass is 35.5. The maximum absolute atomic E-state index is 12.7. The van der Waals surface area contributed by atoms with Crippen LogP contribution < -0.4 is 24.8 Å². The summed E-state index contributed by atoms with van der Waals surface area (Å²) in [7, 11) is 8.30. The predicted molar refractivity (Wildman–Crippen MR) is 109 cm³/mol. The van der Waals surface area contributed by atoms with Gasteiger partial charge in [0.1, 0.15) is 0 Å². The second kappa shape index (κ2) is 8.68. The number of ketones is 1. The molecule has 2 N–H and O–H groups in total. The fraction of sp³-hybridized carbons (Fsp3) is 0.250. The number of ether oxygens (including phenoxy) is 3. The average Bonchev–Trinajstić information content (AvgIpc) is 2.66. The van der Waals surface area contributed by atoms with Gasteiger partial charge in [-0.15, -0.1) is 0 Å². The number of nitrogens with zero attached hydrogens (tertiary/aromatic N) is 1. The fourth-order valence-electron chi connectivity index (χ4n) is 2.68. The lowest BCUT2D eigenvalue weighted by molar-refractivity contribution is 0.104. The van der Waals surface area contributed by atoms with Crippen LogP contribution in [0.1, 0.15) is 15.9 Å². The number of methoxy groups -OCH3 is 3. The minimum atomic E-state index is -0.342. The van der Waals surface area contributed by atoms with Crippen molar-refractivity contribution in [1.82, 2.24) is 0 Å². The van der Waals surface area contributed by atoms with E-state index in [0.29, 0.717) is 34.1 Å². The lowest BCUT2D eigenvalue weighted by atomic mass is 10.1. The molecule has 2 aromatic rings. The van der Waals surface area contributed by atoms with Gasteiger partial charge in [0.05, 0.1) is 37.7 Å². The van der Waals surface area contributed by atoms with Crippen molar-refractivity contribution >= 4 is 34.8 Å². The molecule has 27 heavy (non-hydrogen) atoms. The van der Waals surface area contributed by atoms with Gasteiger partial charge in [0.15, 0.2) is 11.5 Å². The van der Waals surface area contributed by atoms with Crippen molar-refractivity contribution in [3.8, 4) is 17.2 Å². The lowest BCUT2D eigenvalue weighted by Gasteiger charge is -2.16. The number of nitrogen functional groups attached to an aromatic ring is 1. The summed E-state index contributed by atoms with van der Waals surface area (Å²) >= 11 is 6.29. The van der Waals surface area contributed by atoms with Gasteiger partial charge in [0.2, 0.25) is 11.5 Å². The molecule has 2 rings (SSSR count). The van der Waals surface area contributed by atoms with E-state index in [4.69, 9.17) is 31.5 Å². The van der Waals surface area contributed by atoms with Gasteiger partial charge in [-0.3, -0.25) is 4.79 Å². The summed E-state index contributed by atoms with van der Waals surface area (Å²) in [4.78, 5) is 14.6. The van der Waals surface area contributed by atoms with Crippen molar-refractivity contribution in [2.75, 3.05) is 46.1 Å². The first-order chi connectivity index (χ1) is 12.8. The molecule has 144 valence electrons. The Morgan fingerprint density at radius 2 is 1.70 bits per heavy atom. The Bertz CT molecular complexity index is 879. The Kier molecular flexibility index (Phi) is 6.58. The summed E-state index contributed by atoms with van der Waals surface area (Å²) in [5, 5.41) is 0.0255. The summed E-state index contributed by atoms with van der Waals surface area (Å²) in [5.41, 5.74) is 8.34. The third-order valence-electron chi connectivity index (χ3n) is 4.01. The molecular weight excluding hydrogens is 368 g/mol. The van der Waals surface area contributed by atoms with E-state index in [-0.39, 0.29) is 10.8 Å². The SMILES string of the molecule is COc1ccc(/C=C(/Cl)C(=O)c2ccc(N(C)C)c(N)c2)c(OC)c1OC. The highest BCUT2D eigenvalue weighted by Crippen LogP contribution is 2.41. The average molecular weight is 391 g/mol. The van der Waals surface area contributed by atoms with Crippen LogP contribution in [0.3, 0.4) is 0 Å². The first-order valence-corrected chi connectivity index (χ1v) is 8.49. The van der Waals surface area contributed by atoms with Crippen LogP contribution in [-0.2, 0) is 0 Å². The number of halogens is 1. The Morgan fingerprint density at radius 1 is 1.04 bits per heavy atom. The number of hydrogen-bond donors (Lipinski definition) is 1. The van der Waals surface area contributed by atoms with Crippen LogP contribution in [0, 0.1) is 0 Å². The van der Waals surface area contributed by atoms with Gasteiger partial charge in [-0.25, -0.2) is 0 Å². The number of benzene rings is 2. The zero-order valence-electron chi connectivity index (χ0n) is 16.0. The van der Waals surface area contributed by atoms with E-state index >= 15 is 0 Å². The molecular formula is C20H23ClN2O4. The molecule has 2 aromatic carbocycles. The molecule has 0 heterocycles. The predicted octanol–water partition coefficient (Wildman–Crippen LogP) is 3.82. The molecule has 0 spiro atoms. The molecule has 0 amide bonds. The minimum absolute atomic E-state index is 0.0255. The molecule has 0 aliphatic carbocycles. The Labute approximate surface area is 164 Å². The van der Waals surface area contributed by atoms with E-state index in [1.54, 1.807) is 30.3 Å². The highest BCUT2D eigenvalue weighted by molar-refractivity contribution is 6.47. The molecule has 0 aliphatic rings. The molecule has 7 heteroatoms. The fourth-order valence-corrected chi connectivity index (χ4v) is 2.91. The van der Waals surface area contributed by atoms with Crippen molar-refractivity contribution in [3.63, 3.8) is 0 Å². The largest absolute Gasteiger partial charge is 0.493 e. The van der Waals surface area contributed by atoms with E-state index in [1.807, 2.05) is 19.0 Å². The minimum Gasteiger partial charge on any atom is -0.493 e. The van der Waals surface area contributed by atoms with Crippen LogP contribution in [0.25, 0.3) is 6.08 Å². The third-order valence-corrected chi connectivity index (χ3v) is 4.29. The van der Waals surface area contributed by atoms with Gasteiger partial charge >= 0.3 is 0 Å². The molecule has 6 nitrogen and oxygen atoms in total. The van der Waals surface area contributed by atoms with E-state index in [0.717, 1.165) is 5.69 Å². The monoisotopic (exact) mass is 390 g/mol. The number of hydrogen-bond acceptors (Lipinski definition) is 6. The Balaban J connectivity index is 2.42. The summed E-state index contributed by atoms with van der Waals surface area (Å²) in [6.07, 6.45) is 1.53. The van der Waals surface area contributed by atoms with Gasteiger partial charge in [-0.05, 0) is 36.4 Å². The molecule has 0 aliphatic heterocycles. The topological polar surface area (TPSA) is 74.0 Å². The second-order valence-electron chi connectivity index (χ2n) is 5.91. The molecule has 0 bridgehead atoms. The van der Waals surface area contributed by atoms with E-state index < -0.39 is 0 Å². The van der Waals surface area contributed by atoms with Crippen molar-refractivity contribution in [2.24, 2.45) is 0 Å². The smallest absolute Gasteiger partial charge is 0.204 e. The number of rotatable bonds is 7.